The number of rotatable bonds is 6. The number of likely N-dealkylation sites (tertiary alicyclic amines) is 1. The Kier molecular flexibility index (Phi) is 8.12. The van der Waals surface area contributed by atoms with Gasteiger partial charge < -0.3 is 10.6 Å². The average Bonchev–Trinajstić information content (AvgIpc) is 3.23. The van der Waals surface area contributed by atoms with E-state index in [1.54, 1.807) is 0 Å². The summed E-state index contributed by atoms with van der Waals surface area (Å²) >= 11 is 1.87. The summed E-state index contributed by atoms with van der Waals surface area (Å²) in [7, 11) is 1.87. The van der Waals surface area contributed by atoms with E-state index in [9.17, 15) is 0 Å². The van der Waals surface area contributed by atoms with Crippen molar-refractivity contribution in [2.24, 2.45) is 16.8 Å². The van der Waals surface area contributed by atoms with Crippen LogP contribution >= 0.6 is 35.3 Å². The van der Waals surface area contributed by atoms with Gasteiger partial charge in [0.2, 0.25) is 0 Å². The third-order valence-corrected chi connectivity index (χ3v) is 5.46. The van der Waals surface area contributed by atoms with Crippen LogP contribution in [0.5, 0.6) is 0 Å². The second-order valence-corrected chi connectivity index (χ2v) is 7.63. The van der Waals surface area contributed by atoms with Crippen molar-refractivity contribution in [1.82, 2.24) is 15.5 Å². The predicted octanol–water partition coefficient (Wildman–Crippen LogP) is 3.15. The Hall–Kier alpha value is -0.340. The average molecular weight is 448 g/mol. The van der Waals surface area contributed by atoms with E-state index in [1.807, 2.05) is 18.4 Å². The fourth-order valence-corrected chi connectivity index (χ4v) is 3.86. The Balaban J connectivity index is 0.00000192. The van der Waals surface area contributed by atoms with E-state index in [-0.39, 0.29) is 24.0 Å². The highest BCUT2D eigenvalue weighted by Crippen LogP contribution is 2.27. The van der Waals surface area contributed by atoms with Gasteiger partial charge in [-0.15, -0.1) is 35.3 Å². The molecular formula is C17H29IN4S. The van der Waals surface area contributed by atoms with Crippen LogP contribution in [0.15, 0.2) is 22.5 Å². The van der Waals surface area contributed by atoms with Gasteiger partial charge in [0.1, 0.15) is 0 Å². The van der Waals surface area contributed by atoms with Crippen LogP contribution in [0.2, 0.25) is 0 Å². The summed E-state index contributed by atoms with van der Waals surface area (Å²) in [5.74, 6) is 2.59. The van der Waals surface area contributed by atoms with E-state index < -0.39 is 0 Å². The number of aliphatic imine (C=N–C) groups is 1. The van der Waals surface area contributed by atoms with Gasteiger partial charge >= 0.3 is 0 Å². The van der Waals surface area contributed by atoms with Crippen molar-refractivity contribution in [2.75, 3.05) is 33.2 Å². The van der Waals surface area contributed by atoms with E-state index in [0.717, 1.165) is 37.4 Å². The molecule has 3 rings (SSSR count). The molecule has 1 saturated carbocycles. The fourth-order valence-electron chi connectivity index (χ4n) is 3.11. The van der Waals surface area contributed by atoms with Crippen molar-refractivity contribution in [2.45, 2.75) is 32.2 Å². The van der Waals surface area contributed by atoms with Crippen LogP contribution in [0.4, 0.5) is 0 Å². The van der Waals surface area contributed by atoms with Gasteiger partial charge in [0.25, 0.3) is 0 Å². The van der Waals surface area contributed by atoms with Crippen molar-refractivity contribution in [3.05, 3.63) is 22.4 Å². The van der Waals surface area contributed by atoms with Crippen molar-refractivity contribution >= 4 is 41.3 Å². The minimum absolute atomic E-state index is 0. The van der Waals surface area contributed by atoms with Gasteiger partial charge in [0.05, 0.1) is 0 Å². The topological polar surface area (TPSA) is 39.7 Å². The summed E-state index contributed by atoms with van der Waals surface area (Å²) in [4.78, 5) is 8.42. The number of piperidine rings is 1. The molecular weight excluding hydrogens is 419 g/mol. The summed E-state index contributed by atoms with van der Waals surface area (Å²) in [5, 5.41) is 9.14. The van der Waals surface area contributed by atoms with Crippen molar-refractivity contribution in [3.8, 4) is 0 Å². The maximum absolute atomic E-state index is 4.33. The minimum atomic E-state index is 0. The van der Waals surface area contributed by atoms with Crippen LogP contribution in [-0.4, -0.2) is 44.1 Å². The summed E-state index contributed by atoms with van der Waals surface area (Å²) < 4.78 is 0. The third kappa shape index (κ3) is 6.58. The number of hydrogen-bond acceptors (Lipinski definition) is 3. The molecule has 130 valence electrons. The lowest BCUT2D eigenvalue weighted by Gasteiger charge is -2.32. The second-order valence-electron chi connectivity index (χ2n) is 6.60. The Labute approximate surface area is 161 Å². The van der Waals surface area contributed by atoms with Crippen LogP contribution in [0, 0.1) is 11.8 Å². The van der Waals surface area contributed by atoms with E-state index in [4.69, 9.17) is 0 Å². The third-order valence-electron chi connectivity index (χ3n) is 4.60. The number of guanidine groups is 1. The zero-order valence-electron chi connectivity index (χ0n) is 14.0. The summed E-state index contributed by atoms with van der Waals surface area (Å²) in [6, 6.07) is 4.40. The summed E-state index contributed by atoms with van der Waals surface area (Å²) in [6.07, 6.45) is 5.40. The smallest absolute Gasteiger partial charge is 0.190 e. The first kappa shape index (κ1) is 19.0. The van der Waals surface area contributed by atoms with Crippen LogP contribution in [-0.2, 0) is 6.54 Å². The van der Waals surface area contributed by atoms with Crippen LogP contribution in [0.1, 0.15) is 30.6 Å². The Morgan fingerprint density at radius 1 is 1.26 bits per heavy atom. The highest BCUT2D eigenvalue weighted by molar-refractivity contribution is 14.0. The first-order valence-corrected chi connectivity index (χ1v) is 9.40. The molecule has 2 heterocycles. The Morgan fingerprint density at radius 2 is 2.04 bits per heavy atom. The lowest BCUT2D eigenvalue weighted by molar-refractivity contribution is 0.169. The van der Waals surface area contributed by atoms with Gasteiger partial charge in [-0.3, -0.25) is 9.89 Å². The number of hydrogen-bond donors (Lipinski definition) is 2. The van der Waals surface area contributed by atoms with Gasteiger partial charge in [-0.1, -0.05) is 6.07 Å². The van der Waals surface area contributed by atoms with Gasteiger partial charge in [-0.2, -0.15) is 0 Å². The maximum Gasteiger partial charge on any atom is 0.190 e. The zero-order valence-corrected chi connectivity index (χ0v) is 17.1. The molecule has 0 spiro atoms. The number of halogens is 1. The maximum atomic E-state index is 4.33. The molecule has 6 heteroatoms. The first-order chi connectivity index (χ1) is 10.8. The SMILES string of the molecule is CN=C(NCC1CC1)NCC1CCCN(Cc2cccs2)C1.I. The van der Waals surface area contributed by atoms with Crippen LogP contribution in [0.3, 0.4) is 0 Å². The molecule has 1 saturated heterocycles. The highest BCUT2D eigenvalue weighted by Gasteiger charge is 2.22. The molecule has 2 aliphatic rings. The van der Waals surface area contributed by atoms with Crippen molar-refractivity contribution in [1.29, 1.82) is 0 Å². The molecule has 1 aliphatic carbocycles. The molecule has 0 aromatic carbocycles. The molecule has 23 heavy (non-hydrogen) atoms. The lowest BCUT2D eigenvalue weighted by atomic mass is 9.98. The van der Waals surface area contributed by atoms with Gasteiger partial charge in [0, 0.05) is 38.1 Å². The highest BCUT2D eigenvalue weighted by atomic mass is 127. The quantitative estimate of drug-likeness (QED) is 0.399. The Bertz CT molecular complexity index is 473. The molecule has 1 aromatic rings. The van der Waals surface area contributed by atoms with Crippen LogP contribution < -0.4 is 10.6 Å². The second kappa shape index (κ2) is 9.84. The van der Waals surface area contributed by atoms with Crippen LogP contribution in [0.25, 0.3) is 0 Å². The monoisotopic (exact) mass is 448 g/mol. The Morgan fingerprint density at radius 3 is 2.70 bits per heavy atom. The van der Waals surface area contributed by atoms with E-state index in [2.05, 4.69) is 38.0 Å². The summed E-state index contributed by atoms with van der Waals surface area (Å²) in [6.45, 7) is 5.66. The first-order valence-electron chi connectivity index (χ1n) is 8.52. The van der Waals surface area contributed by atoms with E-state index in [0.29, 0.717) is 0 Å². The van der Waals surface area contributed by atoms with Crippen molar-refractivity contribution in [3.63, 3.8) is 0 Å². The number of nitrogens with one attached hydrogen (secondary N) is 2. The molecule has 1 atom stereocenters. The lowest BCUT2D eigenvalue weighted by Crippen LogP contribution is -2.44. The normalized spacial score (nSPS) is 22.5. The molecule has 0 bridgehead atoms. The molecule has 2 N–H and O–H groups in total. The molecule has 1 unspecified atom stereocenters. The largest absolute Gasteiger partial charge is 0.356 e. The number of thiophene rings is 1. The van der Waals surface area contributed by atoms with Crippen molar-refractivity contribution < 1.29 is 0 Å². The number of nitrogens with zero attached hydrogens (tertiary/aromatic N) is 2. The standard InChI is InChI=1S/C17H28N4S.HI/c1-18-17(19-10-14-6-7-14)20-11-15-4-2-8-21(12-15)13-16-5-3-9-22-16;/h3,5,9,14-15H,2,4,6-8,10-13H2,1H3,(H2,18,19,20);1H. The fraction of sp³-hybridized carbons (Fsp3) is 0.706. The molecule has 1 aromatic heterocycles. The molecule has 0 amide bonds. The van der Waals surface area contributed by atoms with Gasteiger partial charge in [0.15, 0.2) is 5.96 Å². The molecule has 4 nitrogen and oxygen atoms in total. The van der Waals surface area contributed by atoms with Gasteiger partial charge in [-0.05, 0) is 55.5 Å². The van der Waals surface area contributed by atoms with E-state index in [1.165, 1.54) is 43.6 Å². The van der Waals surface area contributed by atoms with E-state index >= 15 is 0 Å². The zero-order chi connectivity index (χ0) is 15.2. The molecule has 1 aliphatic heterocycles. The predicted molar refractivity (Wildman–Crippen MR) is 110 cm³/mol. The minimum Gasteiger partial charge on any atom is -0.356 e. The molecule has 2 fully saturated rings. The van der Waals surface area contributed by atoms with Gasteiger partial charge in [-0.25, -0.2) is 0 Å². The molecule has 0 radical (unpaired) electrons. The summed E-state index contributed by atoms with van der Waals surface area (Å²) in [5.41, 5.74) is 0.